The summed E-state index contributed by atoms with van der Waals surface area (Å²) >= 11 is 13.5. The normalized spacial score (nSPS) is 19.2. The van der Waals surface area contributed by atoms with E-state index in [4.69, 9.17) is 23.2 Å². The molecule has 1 aliphatic rings. The molecule has 3 rings (SSSR count). The number of nitrogens with zero attached hydrogens (tertiary/aromatic N) is 2. The molecule has 1 saturated heterocycles. The molecule has 1 heterocycles. The van der Waals surface area contributed by atoms with E-state index in [0.29, 0.717) is 21.6 Å². The number of amidine groups is 1. The van der Waals surface area contributed by atoms with E-state index in [1.54, 1.807) is 12.3 Å². The number of hydrogen-bond acceptors (Lipinski definition) is 4. The summed E-state index contributed by atoms with van der Waals surface area (Å²) in [6, 6.07) is 15.0. The maximum absolute atomic E-state index is 12.1. The van der Waals surface area contributed by atoms with Gasteiger partial charge in [-0.05, 0) is 23.6 Å². The summed E-state index contributed by atoms with van der Waals surface area (Å²) in [7, 11) is 0. The molecular formula is C17H13Cl2N3OS. The fraction of sp³-hybridized carbons (Fsp3) is 0.118. The molecule has 0 aliphatic carbocycles. The van der Waals surface area contributed by atoms with Crippen LogP contribution in [-0.2, 0) is 11.2 Å². The Balaban J connectivity index is 1.66. The van der Waals surface area contributed by atoms with Gasteiger partial charge in [-0.15, -0.1) is 5.10 Å². The summed E-state index contributed by atoms with van der Waals surface area (Å²) in [5.74, 6) is -0.107. The van der Waals surface area contributed by atoms with Crippen molar-refractivity contribution >= 4 is 52.3 Å². The van der Waals surface area contributed by atoms with Crippen molar-refractivity contribution in [2.45, 2.75) is 11.7 Å². The minimum Gasteiger partial charge on any atom is -0.303 e. The highest BCUT2D eigenvalue weighted by Crippen LogP contribution is 2.30. The summed E-state index contributed by atoms with van der Waals surface area (Å²) in [6.45, 7) is 0. The Bertz CT molecular complexity index is 809. The van der Waals surface area contributed by atoms with Crippen molar-refractivity contribution in [3.63, 3.8) is 0 Å². The van der Waals surface area contributed by atoms with E-state index in [9.17, 15) is 4.79 Å². The van der Waals surface area contributed by atoms with Gasteiger partial charge in [-0.2, -0.15) is 5.10 Å². The maximum Gasteiger partial charge on any atom is 0.239 e. The van der Waals surface area contributed by atoms with Gasteiger partial charge < -0.3 is 5.32 Å². The van der Waals surface area contributed by atoms with Gasteiger partial charge in [0.1, 0.15) is 0 Å². The topological polar surface area (TPSA) is 53.8 Å². The SMILES string of the molecule is O=C1N/C(=N\N=C\c2ccccc2)SC1Cc1cccc(Cl)c1Cl. The van der Waals surface area contributed by atoms with Crippen molar-refractivity contribution in [1.82, 2.24) is 5.32 Å². The van der Waals surface area contributed by atoms with E-state index in [0.717, 1.165) is 11.1 Å². The van der Waals surface area contributed by atoms with Crippen LogP contribution in [-0.4, -0.2) is 22.5 Å². The van der Waals surface area contributed by atoms with E-state index < -0.39 is 0 Å². The van der Waals surface area contributed by atoms with Gasteiger partial charge in [-0.1, -0.05) is 77.4 Å². The van der Waals surface area contributed by atoms with Crippen molar-refractivity contribution in [3.8, 4) is 0 Å². The Kier molecular flexibility index (Phi) is 5.56. The largest absolute Gasteiger partial charge is 0.303 e. The quantitative estimate of drug-likeness (QED) is 0.642. The van der Waals surface area contributed by atoms with Crippen molar-refractivity contribution < 1.29 is 4.79 Å². The third-order valence-electron chi connectivity index (χ3n) is 3.37. The molecule has 1 N–H and O–H groups in total. The summed E-state index contributed by atoms with van der Waals surface area (Å²) in [5.41, 5.74) is 1.78. The Labute approximate surface area is 154 Å². The molecule has 0 radical (unpaired) electrons. The fourth-order valence-electron chi connectivity index (χ4n) is 2.18. The molecule has 0 spiro atoms. The molecule has 122 valence electrons. The molecule has 7 heteroatoms. The number of carbonyl (C=O) groups excluding carboxylic acids is 1. The zero-order chi connectivity index (χ0) is 16.9. The average molecular weight is 378 g/mol. The van der Waals surface area contributed by atoms with Crippen molar-refractivity contribution in [2.24, 2.45) is 10.2 Å². The van der Waals surface area contributed by atoms with Crippen LogP contribution in [0, 0.1) is 0 Å². The second kappa shape index (κ2) is 7.83. The zero-order valence-electron chi connectivity index (χ0n) is 12.4. The molecule has 1 unspecified atom stereocenters. The predicted octanol–water partition coefficient (Wildman–Crippen LogP) is 4.16. The first-order valence-electron chi connectivity index (χ1n) is 7.20. The first-order valence-corrected chi connectivity index (χ1v) is 8.83. The molecule has 0 bridgehead atoms. The number of halogens is 2. The Morgan fingerprint density at radius 3 is 2.71 bits per heavy atom. The second-order valence-corrected chi connectivity index (χ2v) is 7.05. The van der Waals surface area contributed by atoms with Gasteiger partial charge >= 0.3 is 0 Å². The van der Waals surface area contributed by atoms with Crippen LogP contribution in [0.1, 0.15) is 11.1 Å². The molecule has 1 atom stereocenters. The lowest BCUT2D eigenvalue weighted by Crippen LogP contribution is -2.26. The van der Waals surface area contributed by atoms with Gasteiger partial charge in [0.25, 0.3) is 0 Å². The molecule has 0 saturated carbocycles. The molecule has 4 nitrogen and oxygen atoms in total. The van der Waals surface area contributed by atoms with Gasteiger partial charge in [-0.3, -0.25) is 4.79 Å². The molecule has 1 fully saturated rings. The lowest BCUT2D eigenvalue weighted by Gasteiger charge is -2.08. The van der Waals surface area contributed by atoms with Crippen LogP contribution in [0.15, 0.2) is 58.7 Å². The lowest BCUT2D eigenvalue weighted by molar-refractivity contribution is -0.118. The molecule has 1 aliphatic heterocycles. The van der Waals surface area contributed by atoms with Crippen molar-refractivity contribution in [3.05, 3.63) is 69.7 Å². The Morgan fingerprint density at radius 2 is 1.92 bits per heavy atom. The summed E-state index contributed by atoms with van der Waals surface area (Å²) in [4.78, 5) is 12.1. The summed E-state index contributed by atoms with van der Waals surface area (Å²) < 4.78 is 0. The van der Waals surface area contributed by atoms with Gasteiger partial charge in [-0.25, -0.2) is 0 Å². The third kappa shape index (κ3) is 4.17. The van der Waals surface area contributed by atoms with Crippen LogP contribution in [0.3, 0.4) is 0 Å². The number of nitrogens with one attached hydrogen (secondary N) is 1. The molecule has 24 heavy (non-hydrogen) atoms. The minimum atomic E-state index is -0.299. The Hall–Kier alpha value is -1.82. The molecule has 2 aromatic carbocycles. The smallest absolute Gasteiger partial charge is 0.239 e. The predicted molar refractivity (Wildman–Crippen MR) is 101 cm³/mol. The van der Waals surface area contributed by atoms with Gasteiger partial charge in [0.15, 0.2) is 5.17 Å². The zero-order valence-corrected chi connectivity index (χ0v) is 14.8. The van der Waals surface area contributed by atoms with E-state index >= 15 is 0 Å². The number of benzene rings is 2. The van der Waals surface area contributed by atoms with Crippen LogP contribution < -0.4 is 5.32 Å². The van der Waals surface area contributed by atoms with Crippen LogP contribution in [0.25, 0.3) is 0 Å². The molecule has 1 amide bonds. The van der Waals surface area contributed by atoms with E-state index in [-0.39, 0.29) is 11.2 Å². The van der Waals surface area contributed by atoms with Gasteiger partial charge in [0.05, 0.1) is 21.5 Å². The standard InChI is InChI=1S/C17H13Cl2N3OS/c18-13-8-4-7-12(15(13)19)9-14-16(23)21-17(24-14)22-20-10-11-5-2-1-3-6-11/h1-8,10,14H,9H2,(H,21,22,23)/b20-10+. The van der Waals surface area contributed by atoms with Gasteiger partial charge in [0, 0.05) is 0 Å². The van der Waals surface area contributed by atoms with E-state index in [2.05, 4.69) is 15.5 Å². The van der Waals surface area contributed by atoms with Gasteiger partial charge in [0.2, 0.25) is 5.91 Å². The highest BCUT2D eigenvalue weighted by molar-refractivity contribution is 8.15. The number of carbonyl (C=O) groups is 1. The lowest BCUT2D eigenvalue weighted by atomic mass is 10.1. The van der Waals surface area contributed by atoms with Crippen LogP contribution in [0.2, 0.25) is 10.0 Å². The van der Waals surface area contributed by atoms with Crippen LogP contribution in [0.4, 0.5) is 0 Å². The monoisotopic (exact) mass is 377 g/mol. The van der Waals surface area contributed by atoms with E-state index in [1.807, 2.05) is 42.5 Å². The van der Waals surface area contributed by atoms with E-state index in [1.165, 1.54) is 11.8 Å². The first-order chi connectivity index (χ1) is 11.6. The highest BCUT2D eigenvalue weighted by atomic mass is 35.5. The second-order valence-electron chi connectivity index (χ2n) is 5.07. The summed E-state index contributed by atoms with van der Waals surface area (Å²) in [5, 5.41) is 12.0. The average Bonchev–Trinajstić information content (AvgIpc) is 2.93. The maximum atomic E-state index is 12.1. The Morgan fingerprint density at radius 1 is 1.12 bits per heavy atom. The van der Waals surface area contributed by atoms with Crippen LogP contribution in [0.5, 0.6) is 0 Å². The van der Waals surface area contributed by atoms with Crippen molar-refractivity contribution in [1.29, 1.82) is 0 Å². The summed E-state index contributed by atoms with van der Waals surface area (Å²) in [6.07, 6.45) is 2.12. The number of amides is 1. The molecule has 0 aromatic heterocycles. The molecule has 2 aromatic rings. The number of thioether (sulfide) groups is 1. The third-order valence-corrected chi connectivity index (χ3v) is 5.30. The highest BCUT2D eigenvalue weighted by Gasteiger charge is 2.31. The fourth-order valence-corrected chi connectivity index (χ4v) is 3.53. The van der Waals surface area contributed by atoms with Crippen molar-refractivity contribution in [2.75, 3.05) is 0 Å². The minimum absolute atomic E-state index is 0.107. The molecular weight excluding hydrogens is 365 g/mol. The van der Waals surface area contributed by atoms with Crippen LogP contribution >= 0.6 is 35.0 Å². The number of rotatable bonds is 4. The first kappa shape index (κ1) is 17.0. The number of hydrogen-bond donors (Lipinski definition) is 1.